The molecule has 18 heavy (non-hydrogen) atoms. The Morgan fingerprint density at radius 3 is 2.39 bits per heavy atom. The van der Waals surface area contributed by atoms with Gasteiger partial charge in [-0.15, -0.1) is 0 Å². The Morgan fingerprint density at radius 2 is 1.83 bits per heavy atom. The molecule has 1 heterocycles. The molecule has 0 bridgehead atoms. The molecule has 0 saturated heterocycles. The standard InChI is InChI=1S/C14H12BrF2N/c1-9-5-6-10(18-8-9)7-11(15)14-12(16)3-2-4-13(14)17/h2-6,8,11H,7H2,1H3. The predicted octanol–water partition coefficient (Wildman–Crippen LogP) is 4.35. The van der Waals surface area contributed by atoms with Gasteiger partial charge in [0.25, 0.3) is 0 Å². The van der Waals surface area contributed by atoms with Crippen molar-refractivity contribution in [2.75, 3.05) is 0 Å². The fraction of sp³-hybridized carbons (Fsp3) is 0.214. The summed E-state index contributed by atoms with van der Waals surface area (Å²) in [6, 6.07) is 7.67. The third-order valence-electron chi connectivity index (χ3n) is 2.67. The minimum absolute atomic E-state index is 0.0554. The van der Waals surface area contributed by atoms with Crippen LogP contribution in [-0.2, 0) is 6.42 Å². The fourth-order valence-corrected chi connectivity index (χ4v) is 2.48. The molecular weight excluding hydrogens is 300 g/mol. The zero-order valence-electron chi connectivity index (χ0n) is 9.83. The summed E-state index contributed by atoms with van der Waals surface area (Å²) < 4.78 is 27.2. The van der Waals surface area contributed by atoms with Gasteiger partial charge in [-0.3, -0.25) is 4.98 Å². The molecule has 0 aliphatic heterocycles. The van der Waals surface area contributed by atoms with Crippen molar-refractivity contribution in [1.82, 2.24) is 4.98 Å². The summed E-state index contributed by atoms with van der Waals surface area (Å²) in [5, 5.41) is 0. The summed E-state index contributed by atoms with van der Waals surface area (Å²) in [7, 11) is 0. The van der Waals surface area contributed by atoms with E-state index in [0.29, 0.717) is 6.42 Å². The van der Waals surface area contributed by atoms with E-state index in [-0.39, 0.29) is 5.56 Å². The van der Waals surface area contributed by atoms with E-state index >= 15 is 0 Å². The van der Waals surface area contributed by atoms with E-state index in [2.05, 4.69) is 20.9 Å². The minimum Gasteiger partial charge on any atom is -0.261 e. The molecule has 0 amide bonds. The zero-order chi connectivity index (χ0) is 13.1. The SMILES string of the molecule is Cc1ccc(CC(Br)c2c(F)cccc2F)nc1. The molecule has 94 valence electrons. The lowest BCUT2D eigenvalue weighted by molar-refractivity contribution is 0.553. The van der Waals surface area contributed by atoms with E-state index in [1.54, 1.807) is 6.20 Å². The van der Waals surface area contributed by atoms with Gasteiger partial charge in [0.05, 0.1) is 4.83 Å². The van der Waals surface area contributed by atoms with Gasteiger partial charge in [0.15, 0.2) is 0 Å². The molecule has 0 saturated carbocycles. The Bertz CT molecular complexity index is 520. The van der Waals surface area contributed by atoms with Crippen LogP contribution in [0.5, 0.6) is 0 Å². The van der Waals surface area contributed by atoms with E-state index in [9.17, 15) is 8.78 Å². The van der Waals surface area contributed by atoms with Gasteiger partial charge in [0.1, 0.15) is 11.6 Å². The van der Waals surface area contributed by atoms with E-state index in [1.165, 1.54) is 18.2 Å². The molecule has 1 aromatic carbocycles. The summed E-state index contributed by atoms with van der Waals surface area (Å²) in [5.74, 6) is -1.08. The molecule has 0 fully saturated rings. The molecule has 0 spiro atoms. The van der Waals surface area contributed by atoms with Crippen LogP contribution < -0.4 is 0 Å². The fourth-order valence-electron chi connectivity index (χ4n) is 1.71. The Labute approximate surface area is 113 Å². The highest BCUT2D eigenvalue weighted by molar-refractivity contribution is 9.09. The van der Waals surface area contributed by atoms with Crippen LogP contribution in [0.4, 0.5) is 8.78 Å². The van der Waals surface area contributed by atoms with Crippen LogP contribution in [0.15, 0.2) is 36.5 Å². The maximum absolute atomic E-state index is 13.6. The third-order valence-corrected chi connectivity index (χ3v) is 3.46. The number of nitrogens with zero attached hydrogens (tertiary/aromatic N) is 1. The number of hydrogen-bond acceptors (Lipinski definition) is 1. The Morgan fingerprint density at radius 1 is 1.17 bits per heavy atom. The maximum atomic E-state index is 13.6. The lowest BCUT2D eigenvalue weighted by Crippen LogP contribution is -2.03. The molecule has 0 N–H and O–H groups in total. The quantitative estimate of drug-likeness (QED) is 0.768. The van der Waals surface area contributed by atoms with Gasteiger partial charge < -0.3 is 0 Å². The van der Waals surface area contributed by atoms with Crippen LogP contribution >= 0.6 is 15.9 Å². The van der Waals surface area contributed by atoms with Crippen LogP contribution in [-0.4, -0.2) is 4.98 Å². The molecule has 4 heteroatoms. The third kappa shape index (κ3) is 2.93. The first-order valence-corrected chi connectivity index (χ1v) is 6.49. The molecule has 1 atom stereocenters. The van der Waals surface area contributed by atoms with Crippen LogP contribution in [0.3, 0.4) is 0 Å². The number of aromatic nitrogens is 1. The summed E-state index contributed by atoms with van der Waals surface area (Å²) in [6.07, 6.45) is 2.19. The molecule has 1 aromatic heterocycles. The normalized spacial score (nSPS) is 12.4. The highest BCUT2D eigenvalue weighted by Crippen LogP contribution is 2.30. The lowest BCUT2D eigenvalue weighted by atomic mass is 10.1. The molecule has 1 unspecified atom stereocenters. The van der Waals surface area contributed by atoms with Crippen LogP contribution in [0, 0.1) is 18.6 Å². The molecule has 2 aromatic rings. The molecule has 0 aliphatic rings. The van der Waals surface area contributed by atoms with Crippen molar-refractivity contribution in [3.05, 3.63) is 65.0 Å². The number of rotatable bonds is 3. The minimum atomic E-state index is -0.538. The lowest BCUT2D eigenvalue weighted by Gasteiger charge is -2.12. The van der Waals surface area contributed by atoms with E-state index < -0.39 is 16.5 Å². The second-order valence-corrected chi connectivity index (χ2v) is 5.24. The predicted molar refractivity (Wildman–Crippen MR) is 70.7 cm³/mol. The van der Waals surface area contributed by atoms with Crippen molar-refractivity contribution < 1.29 is 8.78 Å². The smallest absolute Gasteiger partial charge is 0.130 e. The van der Waals surface area contributed by atoms with Gasteiger partial charge in [-0.1, -0.05) is 28.1 Å². The Hall–Kier alpha value is -1.29. The van der Waals surface area contributed by atoms with Crippen LogP contribution in [0.2, 0.25) is 0 Å². The highest BCUT2D eigenvalue weighted by atomic mass is 79.9. The van der Waals surface area contributed by atoms with Crippen LogP contribution in [0.1, 0.15) is 21.6 Å². The van der Waals surface area contributed by atoms with Gasteiger partial charge >= 0.3 is 0 Å². The second-order valence-electron chi connectivity index (χ2n) is 4.13. The summed E-state index contributed by atoms with van der Waals surface area (Å²) in [5.41, 5.74) is 1.91. The van der Waals surface area contributed by atoms with Crippen molar-refractivity contribution in [3.63, 3.8) is 0 Å². The largest absolute Gasteiger partial charge is 0.261 e. The van der Waals surface area contributed by atoms with Gasteiger partial charge in [-0.25, -0.2) is 8.78 Å². The monoisotopic (exact) mass is 311 g/mol. The molecular formula is C14H12BrF2N. The number of halogens is 3. The Balaban J connectivity index is 2.22. The number of pyridine rings is 1. The van der Waals surface area contributed by atoms with Crippen molar-refractivity contribution in [2.24, 2.45) is 0 Å². The van der Waals surface area contributed by atoms with Crippen LogP contribution in [0.25, 0.3) is 0 Å². The van der Waals surface area contributed by atoms with Crippen molar-refractivity contribution in [3.8, 4) is 0 Å². The first-order valence-electron chi connectivity index (χ1n) is 5.57. The zero-order valence-corrected chi connectivity index (χ0v) is 11.4. The van der Waals surface area contributed by atoms with Gasteiger partial charge in [-0.2, -0.15) is 0 Å². The van der Waals surface area contributed by atoms with Gasteiger partial charge in [0.2, 0.25) is 0 Å². The van der Waals surface area contributed by atoms with Crippen molar-refractivity contribution in [2.45, 2.75) is 18.2 Å². The number of benzene rings is 1. The Kier molecular flexibility index (Phi) is 4.07. The number of aryl methyl sites for hydroxylation is 1. The second kappa shape index (κ2) is 5.57. The van der Waals surface area contributed by atoms with E-state index in [0.717, 1.165) is 11.3 Å². The molecule has 2 rings (SSSR count). The van der Waals surface area contributed by atoms with Crippen molar-refractivity contribution >= 4 is 15.9 Å². The van der Waals surface area contributed by atoms with E-state index in [4.69, 9.17) is 0 Å². The maximum Gasteiger partial charge on any atom is 0.130 e. The van der Waals surface area contributed by atoms with E-state index in [1.807, 2.05) is 19.1 Å². The molecule has 0 radical (unpaired) electrons. The molecule has 1 nitrogen and oxygen atoms in total. The summed E-state index contributed by atoms with van der Waals surface area (Å²) in [4.78, 5) is 3.81. The van der Waals surface area contributed by atoms with Gasteiger partial charge in [0, 0.05) is 23.9 Å². The first-order chi connectivity index (χ1) is 8.58. The topological polar surface area (TPSA) is 12.9 Å². The van der Waals surface area contributed by atoms with Crippen molar-refractivity contribution in [1.29, 1.82) is 0 Å². The summed E-state index contributed by atoms with van der Waals surface area (Å²) >= 11 is 3.32. The average molecular weight is 312 g/mol. The number of alkyl halides is 1. The first kappa shape index (κ1) is 13.1. The summed E-state index contributed by atoms with van der Waals surface area (Å²) in [6.45, 7) is 1.94. The van der Waals surface area contributed by atoms with Gasteiger partial charge in [-0.05, 0) is 30.7 Å². The molecule has 0 aliphatic carbocycles. The number of hydrogen-bond donors (Lipinski definition) is 0. The highest BCUT2D eigenvalue weighted by Gasteiger charge is 2.18. The average Bonchev–Trinajstić information content (AvgIpc) is 2.32.